The zero-order valence-corrected chi connectivity index (χ0v) is 10.4. The van der Waals surface area contributed by atoms with Gasteiger partial charge in [-0.3, -0.25) is 4.79 Å². The van der Waals surface area contributed by atoms with Crippen molar-refractivity contribution in [3.63, 3.8) is 0 Å². The Morgan fingerprint density at radius 2 is 2.41 bits per heavy atom. The molecule has 0 aliphatic carbocycles. The van der Waals surface area contributed by atoms with Crippen molar-refractivity contribution in [2.75, 3.05) is 6.54 Å². The van der Waals surface area contributed by atoms with E-state index in [4.69, 9.17) is 5.73 Å². The number of unbranched alkanes of at least 4 members (excludes halogenated alkanes) is 1. The molecule has 0 saturated heterocycles. The minimum Gasteiger partial charge on any atom is -0.355 e. The van der Waals surface area contributed by atoms with Gasteiger partial charge in [0.1, 0.15) is 5.82 Å². The number of nitrogens with one attached hydrogen (secondary N) is 2. The first-order valence-corrected chi connectivity index (χ1v) is 6.25. The summed E-state index contributed by atoms with van der Waals surface area (Å²) in [7, 11) is 0. The molecule has 17 heavy (non-hydrogen) atoms. The van der Waals surface area contributed by atoms with Crippen molar-refractivity contribution in [2.45, 2.75) is 45.1 Å². The average molecular weight is 238 g/mol. The number of rotatable bonds is 8. The van der Waals surface area contributed by atoms with Gasteiger partial charge in [-0.15, -0.1) is 0 Å². The van der Waals surface area contributed by atoms with Gasteiger partial charge in [-0.2, -0.15) is 0 Å². The number of nitrogens with two attached hydrogens (primary N) is 1. The summed E-state index contributed by atoms with van der Waals surface area (Å²) < 4.78 is 0. The highest BCUT2D eigenvalue weighted by Crippen LogP contribution is 1.98. The van der Waals surface area contributed by atoms with Crippen LogP contribution in [0.15, 0.2) is 12.4 Å². The standard InChI is InChI=1S/C12H22N4O/c1-2-3-5-10(13)12(17)16-7-4-6-11-14-8-9-15-11/h8-10H,2-7,13H2,1H3,(H,14,15)(H,16,17). The number of nitrogens with zero attached hydrogens (tertiary/aromatic N) is 1. The second-order valence-electron chi connectivity index (χ2n) is 4.18. The summed E-state index contributed by atoms with van der Waals surface area (Å²) in [5.41, 5.74) is 5.75. The van der Waals surface area contributed by atoms with Crippen LogP contribution in [0.2, 0.25) is 0 Å². The molecule has 1 aromatic rings. The Bertz CT molecular complexity index is 310. The summed E-state index contributed by atoms with van der Waals surface area (Å²) in [6, 6.07) is -0.362. The number of H-pyrrole nitrogens is 1. The predicted molar refractivity (Wildman–Crippen MR) is 67.4 cm³/mol. The van der Waals surface area contributed by atoms with Crippen LogP contribution in [0.25, 0.3) is 0 Å². The number of aromatic amines is 1. The Labute approximate surface area is 102 Å². The third kappa shape index (κ3) is 5.49. The molecule has 96 valence electrons. The maximum absolute atomic E-state index is 11.6. The normalized spacial score (nSPS) is 12.4. The highest BCUT2D eigenvalue weighted by atomic mass is 16.2. The van der Waals surface area contributed by atoms with Crippen LogP contribution in [0.4, 0.5) is 0 Å². The van der Waals surface area contributed by atoms with Crippen LogP contribution in [0.1, 0.15) is 38.4 Å². The van der Waals surface area contributed by atoms with Crippen molar-refractivity contribution in [1.29, 1.82) is 0 Å². The molecule has 0 radical (unpaired) electrons. The summed E-state index contributed by atoms with van der Waals surface area (Å²) >= 11 is 0. The Morgan fingerprint density at radius 1 is 1.59 bits per heavy atom. The van der Waals surface area contributed by atoms with Gasteiger partial charge in [-0.1, -0.05) is 19.8 Å². The molecule has 1 heterocycles. The van der Waals surface area contributed by atoms with Gasteiger partial charge in [0.25, 0.3) is 0 Å². The molecule has 0 saturated carbocycles. The largest absolute Gasteiger partial charge is 0.355 e. The molecule has 1 aromatic heterocycles. The van der Waals surface area contributed by atoms with E-state index in [2.05, 4.69) is 22.2 Å². The number of carbonyl (C=O) groups is 1. The van der Waals surface area contributed by atoms with Gasteiger partial charge in [0.2, 0.25) is 5.91 Å². The van der Waals surface area contributed by atoms with E-state index in [0.29, 0.717) is 6.54 Å². The van der Waals surface area contributed by atoms with Gasteiger partial charge in [-0.25, -0.2) is 4.98 Å². The lowest BCUT2D eigenvalue weighted by atomic mass is 10.1. The Morgan fingerprint density at radius 3 is 3.06 bits per heavy atom. The van der Waals surface area contributed by atoms with E-state index in [9.17, 15) is 4.79 Å². The molecular weight excluding hydrogens is 216 g/mol. The van der Waals surface area contributed by atoms with Gasteiger partial charge < -0.3 is 16.0 Å². The number of imidazole rings is 1. The van der Waals surface area contributed by atoms with Crippen molar-refractivity contribution >= 4 is 5.91 Å². The van der Waals surface area contributed by atoms with Crippen molar-refractivity contribution in [1.82, 2.24) is 15.3 Å². The lowest BCUT2D eigenvalue weighted by Gasteiger charge is -2.11. The fourth-order valence-electron chi connectivity index (χ4n) is 1.59. The smallest absolute Gasteiger partial charge is 0.236 e. The zero-order valence-electron chi connectivity index (χ0n) is 10.4. The van der Waals surface area contributed by atoms with E-state index in [1.54, 1.807) is 12.4 Å². The first-order valence-electron chi connectivity index (χ1n) is 6.25. The quantitative estimate of drug-likeness (QED) is 0.590. The highest BCUT2D eigenvalue weighted by molar-refractivity contribution is 5.81. The third-order valence-electron chi connectivity index (χ3n) is 2.65. The van der Waals surface area contributed by atoms with Gasteiger partial charge in [0, 0.05) is 25.4 Å². The van der Waals surface area contributed by atoms with E-state index in [1.165, 1.54) is 0 Å². The van der Waals surface area contributed by atoms with Crippen LogP contribution in [-0.4, -0.2) is 28.5 Å². The fraction of sp³-hybridized carbons (Fsp3) is 0.667. The molecule has 5 heteroatoms. The summed E-state index contributed by atoms with van der Waals surface area (Å²) in [6.07, 6.45) is 8.08. The van der Waals surface area contributed by atoms with E-state index in [1.807, 2.05) is 0 Å². The number of carbonyl (C=O) groups excluding carboxylic acids is 1. The maximum Gasteiger partial charge on any atom is 0.236 e. The van der Waals surface area contributed by atoms with E-state index in [0.717, 1.165) is 37.9 Å². The molecule has 4 N–H and O–H groups in total. The molecule has 1 unspecified atom stereocenters. The highest BCUT2D eigenvalue weighted by Gasteiger charge is 2.11. The molecule has 1 rings (SSSR count). The lowest BCUT2D eigenvalue weighted by Crippen LogP contribution is -2.40. The van der Waals surface area contributed by atoms with Gasteiger partial charge in [0.05, 0.1) is 6.04 Å². The molecule has 0 aromatic carbocycles. The SMILES string of the molecule is CCCCC(N)C(=O)NCCCc1ncc[nH]1. The Hall–Kier alpha value is -1.36. The second kappa shape index (κ2) is 7.84. The second-order valence-corrected chi connectivity index (χ2v) is 4.18. The molecule has 1 amide bonds. The molecule has 0 fully saturated rings. The van der Waals surface area contributed by atoms with E-state index in [-0.39, 0.29) is 11.9 Å². The number of amides is 1. The number of hydrogen-bond acceptors (Lipinski definition) is 3. The molecular formula is C12H22N4O. The van der Waals surface area contributed by atoms with Crippen LogP contribution in [0.3, 0.4) is 0 Å². The molecule has 0 aliphatic rings. The van der Waals surface area contributed by atoms with Gasteiger partial charge in [0.15, 0.2) is 0 Å². The van der Waals surface area contributed by atoms with Crippen molar-refractivity contribution in [3.05, 3.63) is 18.2 Å². The molecule has 5 nitrogen and oxygen atoms in total. The van der Waals surface area contributed by atoms with Gasteiger partial charge >= 0.3 is 0 Å². The predicted octanol–water partition coefficient (Wildman–Crippen LogP) is 0.976. The Kier molecular flexibility index (Phi) is 6.32. The maximum atomic E-state index is 11.6. The third-order valence-corrected chi connectivity index (χ3v) is 2.65. The fourth-order valence-corrected chi connectivity index (χ4v) is 1.59. The molecule has 0 spiro atoms. The summed E-state index contributed by atoms with van der Waals surface area (Å²) in [4.78, 5) is 18.7. The van der Waals surface area contributed by atoms with Crippen LogP contribution in [0, 0.1) is 0 Å². The summed E-state index contributed by atoms with van der Waals surface area (Å²) in [6.45, 7) is 2.74. The summed E-state index contributed by atoms with van der Waals surface area (Å²) in [5, 5.41) is 2.85. The average Bonchev–Trinajstić information content (AvgIpc) is 2.84. The minimum atomic E-state index is -0.362. The topological polar surface area (TPSA) is 83.8 Å². The van der Waals surface area contributed by atoms with Crippen molar-refractivity contribution in [3.8, 4) is 0 Å². The molecule has 0 aliphatic heterocycles. The van der Waals surface area contributed by atoms with Crippen molar-refractivity contribution in [2.24, 2.45) is 5.73 Å². The van der Waals surface area contributed by atoms with Crippen LogP contribution in [0.5, 0.6) is 0 Å². The summed E-state index contributed by atoms with van der Waals surface area (Å²) in [5.74, 6) is 0.910. The monoisotopic (exact) mass is 238 g/mol. The number of aryl methyl sites for hydroxylation is 1. The molecule has 0 bridgehead atoms. The Balaban J connectivity index is 2.07. The van der Waals surface area contributed by atoms with E-state index < -0.39 is 0 Å². The van der Waals surface area contributed by atoms with Gasteiger partial charge in [-0.05, 0) is 12.8 Å². The van der Waals surface area contributed by atoms with Crippen LogP contribution >= 0.6 is 0 Å². The number of hydrogen-bond donors (Lipinski definition) is 3. The number of aromatic nitrogens is 2. The first kappa shape index (κ1) is 13.7. The minimum absolute atomic E-state index is 0.0436. The van der Waals surface area contributed by atoms with E-state index >= 15 is 0 Å². The van der Waals surface area contributed by atoms with Crippen molar-refractivity contribution < 1.29 is 4.79 Å². The van der Waals surface area contributed by atoms with Crippen LogP contribution in [-0.2, 0) is 11.2 Å². The lowest BCUT2D eigenvalue weighted by molar-refractivity contribution is -0.122. The molecule has 1 atom stereocenters. The van der Waals surface area contributed by atoms with Crippen LogP contribution < -0.4 is 11.1 Å². The zero-order chi connectivity index (χ0) is 12.5. The first-order chi connectivity index (χ1) is 8.24.